The molecule has 1 aromatic carbocycles. The lowest BCUT2D eigenvalue weighted by Crippen LogP contribution is -2.60. The molecule has 53 heavy (non-hydrogen) atoms. The van der Waals surface area contributed by atoms with Crippen LogP contribution in [0.3, 0.4) is 0 Å². The number of hydrogen-bond donors (Lipinski definition) is 4. The highest BCUT2D eigenvalue weighted by Gasteiger charge is 2.44. The minimum atomic E-state index is -1.57. The Morgan fingerprint density at radius 1 is 0.604 bits per heavy atom. The minimum Gasteiger partial charge on any atom is -0.462 e. The van der Waals surface area contributed by atoms with Crippen molar-refractivity contribution in [2.45, 2.75) is 30.7 Å². The summed E-state index contributed by atoms with van der Waals surface area (Å²) in [5.41, 5.74) is 0.564. The maximum Gasteiger partial charge on any atom is 0.240 e. The molecule has 0 aliphatic carbocycles. The summed E-state index contributed by atoms with van der Waals surface area (Å²) in [5, 5.41) is 39.9. The average molecular weight is 753 g/mol. The fraction of sp³-hybridized carbons (Fsp3) is 0.714. The summed E-state index contributed by atoms with van der Waals surface area (Å²) in [6.45, 7) is 4.11. The Kier molecular flexibility index (Phi) is 17.3. The van der Waals surface area contributed by atoms with Crippen molar-refractivity contribution in [3.05, 3.63) is 24.3 Å². The van der Waals surface area contributed by atoms with Gasteiger partial charge in [-0.1, -0.05) is 0 Å². The Morgan fingerprint density at radius 2 is 0.962 bits per heavy atom. The number of rotatable bonds is 12. The second-order valence-electron chi connectivity index (χ2n) is 14.2. The fourth-order valence-electron chi connectivity index (χ4n) is 5.70. The molecule has 0 radical (unpaired) electrons. The molecular weight excluding hydrogens is 692 g/mol. The third-order valence-corrected chi connectivity index (χ3v) is 9.56. The van der Waals surface area contributed by atoms with E-state index in [1.165, 1.54) is 4.90 Å². The molecule has 4 amide bonds. The fourth-order valence-corrected chi connectivity index (χ4v) is 5.70. The van der Waals surface area contributed by atoms with Crippen LogP contribution in [0.2, 0.25) is 0 Å². The summed E-state index contributed by atoms with van der Waals surface area (Å²) in [4.78, 5) is 66.2. The van der Waals surface area contributed by atoms with Crippen LogP contribution in [-0.2, 0) is 23.9 Å². The van der Waals surface area contributed by atoms with E-state index in [0.29, 0.717) is 58.0 Å². The molecule has 1 aromatic rings. The monoisotopic (exact) mass is 752 g/mol. The lowest BCUT2D eigenvalue weighted by Gasteiger charge is -2.39. The normalized spacial score (nSPS) is 24.4. The Balaban J connectivity index is 1.75. The predicted octanol–water partition coefficient (Wildman–Crippen LogP) is -3.69. The van der Waals surface area contributed by atoms with Crippen LogP contribution in [0.1, 0.15) is 0 Å². The van der Waals surface area contributed by atoms with Crippen LogP contribution in [-0.4, -0.2) is 244 Å². The molecule has 0 aromatic heterocycles. The molecule has 0 spiro atoms. The molecule has 3 rings (SSSR count). The number of aliphatic hydroxyl groups excluding tert-OH is 4. The summed E-state index contributed by atoms with van der Waals surface area (Å²) in [7, 11) is 11.9. The van der Waals surface area contributed by atoms with Gasteiger partial charge in [0.1, 0.15) is 30.2 Å². The number of benzene rings is 1. The number of hydrogen-bond acceptors (Lipinski definition) is 14. The van der Waals surface area contributed by atoms with Crippen LogP contribution < -0.4 is 9.64 Å². The first-order valence-corrected chi connectivity index (χ1v) is 17.8. The van der Waals surface area contributed by atoms with Crippen LogP contribution in [0.4, 0.5) is 5.69 Å². The number of anilines is 1. The van der Waals surface area contributed by atoms with E-state index >= 15 is 0 Å². The van der Waals surface area contributed by atoms with E-state index in [-0.39, 0.29) is 55.6 Å². The smallest absolute Gasteiger partial charge is 0.240 e. The maximum absolute atomic E-state index is 13.7. The first-order valence-electron chi connectivity index (χ1n) is 17.8. The molecular formula is C35H60N8O10. The van der Waals surface area contributed by atoms with Crippen molar-refractivity contribution in [3.63, 3.8) is 0 Å². The Hall–Kier alpha value is -3.46. The van der Waals surface area contributed by atoms with Crippen molar-refractivity contribution in [2.75, 3.05) is 139 Å². The number of carbonyl (C=O) groups is 4. The molecule has 2 saturated heterocycles. The van der Waals surface area contributed by atoms with Gasteiger partial charge in [0, 0.05) is 107 Å². The van der Waals surface area contributed by atoms with E-state index in [0.717, 1.165) is 0 Å². The van der Waals surface area contributed by atoms with Crippen molar-refractivity contribution in [3.8, 4) is 5.75 Å². The molecule has 300 valence electrons. The van der Waals surface area contributed by atoms with E-state index in [9.17, 15) is 39.6 Å². The van der Waals surface area contributed by atoms with Crippen molar-refractivity contribution < 1.29 is 49.1 Å². The number of ether oxygens (including phenoxy) is 2. The van der Waals surface area contributed by atoms with Gasteiger partial charge >= 0.3 is 0 Å². The van der Waals surface area contributed by atoms with Gasteiger partial charge in [-0.15, -0.1) is 0 Å². The summed E-state index contributed by atoms with van der Waals surface area (Å²) >= 11 is 0. The van der Waals surface area contributed by atoms with Crippen molar-refractivity contribution in [2.24, 2.45) is 0 Å². The average Bonchev–Trinajstić information content (AvgIpc) is 3.12. The second kappa shape index (κ2) is 20.8. The quantitative estimate of drug-likeness (QED) is 0.163. The van der Waals surface area contributed by atoms with E-state index in [1.807, 2.05) is 14.7 Å². The molecule has 18 nitrogen and oxygen atoms in total. The van der Waals surface area contributed by atoms with E-state index in [4.69, 9.17) is 9.47 Å². The highest BCUT2D eigenvalue weighted by Crippen LogP contribution is 2.26. The Morgan fingerprint density at radius 3 is 1.30 bits per heavy atom. The van der Waals surface area contributed by atoms with Gasteiger partial charge < -0.3 is 49.5 Å². The lowest BCUT2D eigenvalue weighted by atomic mass is 9.99. The second-order valence-corrected chi connectivity index (χ2v) is 14.2. The van der Waals surface area contributed by atoms with Gasteiger partial charge in [-0.2, -0.15) is 0 Å². The minimum absolute atomic E-state index is 0.0336. The molecule has 2 heterocycles. The third-order valence-electron chi connectivity index (χ3n) is 9.56. The van der Waals surface area contributed by atoms with Crippen LogP contribution in [0, 0.1) is 0 Å². The van der Waals surface area contributed by atoms with Gasteiger partial charge in [0.25, 0.3) is 0 Å². The summed E-state index contributed by atoms with van der Waals surface area (Å²) < 4.78 is 11.1. The van der Waals surface area contributed by atoms with Gasteiger partial charge in [0.05, 0.1) is 32.8 Å². The SMILES string of the molecule is CN(C)C(=O)CN1CCN(CC(=O)N(C)C)CCN(CC(=O)N(C)c2ccc(O[C@@H]3O[C@H](CO)[C@@H](O)[C@H](O)[C@H]3O)cc2)CCN(CC(=O)N(C)C)CC1. The van der Waals surface area contributed by atoms with Crippen molar-refractivity contribution >= 4 is 29.3 Å². The van der Waals surface area contributed by atoms with Crippen LogP contribution >= 0.6 is 0 Å². The molecule has 0 bridgehead atoms. The summed E-state index contributed by atoms with van der Waals surface area (Å²) in [6.07, 6.45) is -7.09. The van der Waals surface area contributed by atoms with Crippen molar-refractivity contribution in [1.82, 2.24) is 34.3 Å². The zero-order valence-electron chi connectivity index (χ0n) is 32.2. The van der Waals surface area contributed by atoms with Gasteiger partial charge in [-0.25, -0.2) is 0 Å². The summed E-state index contributed by atoms with van der Waals surface area (Å²) in [5.74, 6) is -0.0644. The number of amides is 4. The van der Waals surface area contributed by atoms with Crippen LogP contribution in [0.15, 0.2) is 24.3 Å². The standard InChI is InChI=1S/C35H60N8O10/c1-36(2)28(45)20-40-12-14-41(21-29(46)37(3)4)16-18-43(19-17-42(15-13-40)22-30(47)38(5)6)23-31(48)39(7)25-8-10-26(11-9-25)52-35-34(51)33(50)32(49)27(24-44)53-35/h8-11,27,32-35,44,49-51H,12-24H2,1-7H3/t27-,32-,33+,34-,35-/m1/s1. The van der Waals surface area contributed by atoms with Crippen molar-refractivity contribution in [1.29, 1.82) is 0 Å². The van der Waals surface area contributed by atoms with Crippen LogP contribution in [0.25, 0.3) is 0 Å². The Labute approximate surface area is 312 Å². The van der Waals surface area contributed by atoms with Crippen LogP contribution in [0.5, 0.6) is 5.75 Å². The van der Waals surface area contributed by atoms with Gasteiger partial charge in [-0.05, 0) is 24.3 Å². The molecule has 18 heteroatoms. The molecule has 2 fully saturated rings. The summed E-state index contributed by atoms with van der Waals surface area (Å²) in [6, 6.07) is 6.46. The number of nitrogens with zero attached hydrogens (tertiary/aromatic N) is 8. The largest absolute Gasteiger partial charge is 0.462 e. The van der Waals surface area contributed by atoms with E-state index < -0.39 is 37.3 Å². The molecule has 4 N–H and O–H groups in total. The zero-order valence-corrected chi connectivity index (χ0v) is 32.2. The topological polar surface area (TPSA) is 194 Å². The van der Waals surface area contributed by atoms with Gasteiger partial charge in [0.15, 0.2) is 0 Å². The number of carbonyl (C=O) groups excluding carboxylic acids is 4. The highest BCUT2D eigenvalue weighted by atomic mass is 16.7. The first-order chi connectivity index (χ1) is 25.0. The van der Waals surface area contributed by atoms with Gasteiger partial charge in [-0.3, -0.25) is 38.8 Å². The maximum atomic E-state index is 13.7. The predicted molar refractivity (Wildman–Crippen MR) is 196 cm³/mol. The highest BCUT2D eigenvalue weighted by molar-refractivity contribution is 5.94. The number of aliphatic hydroxyl groups is 4. The lowest BCUT2D eigenvalue weighted by molar-refractivity contribution is -0.277. The molecule has 2 aliphatic heterocycles. The number of likely N-dealkylation sites (N-methyl/N-ethyl adjacent to an activating group) is 4. The Bertz CT molecular complexity index is 1300. The van der Waals surface area contributed by atoms with Gasteiger partial charge in [0.2, 0.25) is 29.9 Å². The molecule has 2 aliphatic rings. The van der Waals surface area contributed by atoms with E-state index in [2.05, 4.69) is 4.90 Å². The van der Waals surface area contributed by atoms with E-state index in [1.54, 1.807) is 88.3 Å². The molecule has 5 atom stereocenters. The zero-order chi connectivity index (χ0) is 39.4. The molecule has 0 unspecified atom stereocenters. The molecule has 0 saturated carbocycles. The third kappa shape index (κ3) is 13.4. The first kappa shape index (κ1) is 43.9.